The second-order valence-electron chi connectivity index (χ2n) is 5.14. The minimum atomic E-state index is -4.72. The van der Waals surface area contributed by atoms with Gasteiger partial charge in [-0.3, -0.25) is 10.1 Å². The third-order valence-electron chi connectivity index (χ3n) is 3.48. The molecule has 24 heavy (non-hydrogen) atoms. The van der Waals surface area contributed by atoms with Crippen LogP contribution in [0.3, 0.4) is 0 Å². The van der Waals surface area contributed by atoms with Crippen molar-refractivity contribution in [2.45, 2.75) is 12.9 Å². The molecular weight excluding hydrogens is 325 g/mol. The molecule has 1 heterocycles. The Bertz CT molecular complexity index is 886. The third kappa shape index (κ3) is 3.48. The van der Waals surface area contributed by atoms with Gasteiger partial charge in [0, 0.05) is 35.8 Å². The molecule has 1 aromatic heterocycles. The Labute approximate surface area is 134 Å². The molecule has 0 unspecified atom stereocenters. The van der Waals surface area contributed by atoms with Crippen LogP contribution in [0.25, 0.3) is 10.9 Å². The van der Waals surface area contributed by atoms with Crippen LogP contribution in [0.4, 0.5) is 18.9 Å². The number of non-ortho nitro benzene ring substituents is 1. The Kier molecular flexibility index (Phi) is 3.88. The number of alkyl halides is 3. The van der Waals surface area contributed by atoms with Crippen LogP contribution in [-0.2, 0) is 6.54 Å². The van der Waals surface area contributed by atoms with Gasteiger partial charge in [0.05, 0.1) is 4.92 Å². The van der Waals surface area contributed by atoms with Crippen molar-refractivity contribution in [1.29, 1.82) is 0 Å². The van der Waals surface area contributed by atoms with Gasteiger partial charge in [0.2, 0.25) is 0 Å². The first-order valence-electron chi connectivity index (χ1n) is 6.90. The minimum Gasteiger partial charge on any atom is -0.406 e. The molecule has 0 saturated heterocycles. The van der Waals surface area contributed by atoms with Crippen LogP contribution in [-0.4, -0.2) is 15.9 Å². The largest absolute Gasteiger partial charge is 0.573 e. The number of nitro groups is 1. The summed E-state index contributed by atoms with van der Waals surface area (Å²) in [5.74, 6) is -0.278. The second-order valence-corrected chi connectivity index (χ2v) is 5.14. The van der Waals surface area contributed by atoms with Gasteiger partial charge in [-0.15, -0.1) is 13.2 Å². The van der Waals surface area contributed by atoms with Gasteiger partial charge in [0.25, 0.3) is 5.69 Å². The molecule has 0 spiro atoms. The van der Waals surface area contributed by atoms with E-state index in [2.05, 4.69) is 4.74 Å². The number of rotatable bonds is 4. The van der Waals surface area contributed by atoms with Crippen molar-refractivity contribution in [2.75, 3.05) is 0 Å². The molecule has 0 atom stereocenters. The van der Waals surface area contributed by atoms with Crippen LogP contribution in [0.5, 0.6) is 5.75 Å². The Morgan fingerprint density at radius 2 is 1.79 bits per heavy atom. The minimum absolute atomic E-state index is 0.00824. The fraction of sp³-hybridized carbons (Fsp3) is 0.125. The highest BCUT2D eigenvalue weighted by Crippen LogP contribution is 2.25. The normalized spacial score (nSPS) is 11.6. The summed E-state index contributed by atoms with van der Waals surface area (Å²) >= 11 is 0. The average Bonchev–Trinajstić information content (AvgIpc) is 2.90. The molecule has 0 aliphatic carbocycles. The molecule has 0 aliphatic heterocycles. The molecule has 0 fully saturated rings. The zero-order valence-electron chi connectivity index (χ0n) is 12.2. The maximum absolute atomic E-state index is 12.1. The van der Waals surface area contributed by atoms with Gasteiger partial charge in [-0.1, -0.05) is 12.1 Å². The van der Waals surface area contributed by atoms with E-state index >= 15 is 0 Å². The topological polar surface area (TPSA) is 57.3 Å². The molecule has 5 nitrogen and oxygen atoms in total. The molecule has 8 heteroatoms. The van der Waals surface area contributed by atoms with Crippen LogP contribution in [0.15, 0.2) is 54.7 Å². The summed E-state index contributed by atoms with van der Waals surface area (Å²) in [6.45, 7) is 0.424. The van der Waals surface area contributed by atoms with Gasteiger partial charge in [0.15, 0.2) is 0 Å². The molecule has 3 aromatic rings. The van der Waals surface area contributed by atoms with E-state index in [1.54, 1.807) is 18.3 Å². The van der Waals surface area contributed by atoms with Crippen molar-refractivity contribution < 1.29 is 22.8 Å². The summed E-state index contributed by atoms with van der Waals surface area (Å²) < 4.78 is 42.1. The summed E-state index contributed by atoms with van der Waals surface area (Å²) in [4.78, 5) is 10.3. The number of benzene rings is 2. The van der Waals surface area contributed by atoms with Gasteiger partial charge < -0.3 is 9.30 Å². The van der Waals surface area contributed by atoms with Gasteiger partial charge in [-0.25, -0.2) is 0 Å². The number of nitro benzene ring substituents is 1. The standard InChI is InChI=1S/C16H11F3N2O3/c17-16(18,19)24-14-4-1-11(2-5-14)10-20-8-7-12-9-13(21(22)23)3-6-15(12)20/h1-9H,10H2. The van der Waals surface area contributed by atoms with E-state index in [4.69, 9.17) is 0 Å². The molecule has 0 bridgehead atoms. The third-order valence-corrected chi connectivity index (χ3v) is 3.48. The lowest BCUT2D eigenvalue weighted by atomic mass is 10.2. The van der Waals surface area contributed by atoms with E-state index < -0.39 is 11.3 Å². The predicted molar refractivity (Wildman–Crippen MR) is 80.8 cm³/mol. The molecule has 2 aromatic carbocycles. The Hall–Kier alpha value is -3.03. The summed E-state index contributed by atoms with van der Waals surface area (Å²) in [5, 5.41) is 11.5. The van der Waals surface area contributed by atoms with Crippen LogP contribution < -0.4 is 4.74 Å². The molecule has 124 valence electrons. The van der Waals surface area contributed by atoms with Crippen molar-refractivity contribution in [3.05, 3.63) is 70.4 Å². The molecule has 3 rings (SSSR count). The molecule has 0 amide bonds. The lowest BCUT2D eigenvalue weighted by Crippen LogP contribution is -2.17. The zero-order valence-corrected chi connectivity index (χ0v) is 12.2. The first-order chi connectivity index (χ1) is 11.3. The fourth-order valence-corrected chi connectivity index (χ4v) is 2.43. The number of fused-ring (bicyclic) bond motifs is 1. The first kappa shape index (κ1) is 15.9. The molecule has 0 saturated carbocycles. The maximum Gasteiger partial charge on any atom is 0.573 e. The van der Waals surface area contributed by atoms with Crippen molar-refractivity contribution in [3.8, 4) is 5.75 Å². The zero-order chi connectivity index (χ0) is 17.3. The van der Waals surface area contributed by atoms with E-state index in [1.165, 1.54) is 36.4 Å². The van der Waals surface area contributed by atoms with E-state index in [0.29, 0.717) is 6.54 Å². The van der Waals surface area contributed by atoms with Crippen molar-refractivity contribution >= 4 is 16.6 Å². The van der Waals surface area contributed by atoms with Crippen LogP contribution in [0, 0.1) is 10.1 Å². The van der Waals surface area contributed by atoms with Crippen LogP contribution in [0.2, 0.25) is 0 Å². The molecular formula is C16H11F3N2O3. The number of ether oxygens (including phenoxy) is 1. The Balaban J connectivity index is 1.81. The van der Waals surface area contributed by atoms with Gasteiger partial charge in [-0.05, 0) is 29.8 Å². The number of hydrogen-bond acceptors (Lipinski definition) is 3. The molecule has 0 radical (unpaired) electrons. The summed E-state index contributed by atoms with van der Waals surface area (Å²) in [6.07, 6.45) is -2.94. The summed E-state index contributed by atoms with van der Waals surface area (Å²) in [6, 6.07) is 11.9. The van der Waals surface area contributed by atoms with Crippen LogP contribution >= 0.6 is 0 Å². The molecule has 0 N–H and O–H groups in total. The molecule has 0 aliphatic rings. The highest BCUT2D eigenvalue weighted by Gasteiger charge is 2.30. The number of halogens is 3. The monoisotopic (exact) mass is 336 g/mol. The lowest BCUT2D eigenvalue weighted by molar-refractivity contribution is -0.384. The highest BCUT2D eigenvalue weighted by molar-refractivity contribution is 5.82. The highest BCUT2D eigenvalue weighted by atomic mass is 19.4. The lowest BCUT2D eigenvalue weighted by Gasteiger charge is -2.10. The van der Waals surface area contributed by atoms with E-state index in [0.717, 1.165) is 16.5 Å². The van der Waals surface area contributed by atoms with Gasteiger partial charge in [0.1, 0.15) is 5.75 Å². The first-order valence-corrected chi connectivity index (χ1v) is 6.90. The smallest absolute Gasteiger partial charge is 0.406 e. The average molecular weight is 336 g/mol. The van der Waals surface area contributed by atoms with Gasteiger partial charge >= 0.3 is 6.36 Å². The number of nitrogens with zero attached hydrogens (tertiary/aromatic N) is 2. The maximum atomic E-state index is 12.1. The van der Waals surface area contributed by atoms with Crippen molar-refractivity contribution in [2.24, 2.45) is 0 Å². The predicted octanol–water partition coefficient (Wildman–Crippen LogP) is 4.50. The van der Waals surface area contributed by atoms with Crippen molar-refractivity contribution in [3.63, 3.8) is 0 Å². The van der Waals surface area contributed by atoms with Gasteiger partial charge in [-0.2, -0.15) is 0 Å². The number of aromatic nitrogens is 1. The quantitative estimate of drug-likeness (QED) is 0.521. The fourth-order valence-electron chi connectivity index (χ4n) is 2.43. The summed E-state index contributed by atoms with van der Waals surface area (Å²) in [7, 11) is 0. The second kappa shape index (κ2) is 5.88. The SMILES string of the molecule is O=[N+]([O-])c1ccc2c(ccn2Cc2ccc(OC(F)(F)F)cc2)c1. The van der Waals surface area contributed by atoms with Crippen LogP contribution in [0.1, 0.15) is 5.56 Å². The van der Waals surface area contributed by atoms with E-state index in [9.17, 15) is 23.3 Å². The Morgan fingerprint density at radius 1 is 1.08 bits per heavy atom. The Morgan fingerprint density at radius 3 is 2.42 bits per heavy atom. The van der Waals surface area contributed by atoms with E-state index in [1.807, 2.05) is 4.57 Å². The summed E-state index contributed by atoms with van der Waals surface area (Å²) in [5.41, 5.74) is 1.59. The van der Waals surface area contributed by atoms with E-state index in [-0.39, 0.29) is 11.4 Å². The van der Waals surface area contributed by atoms with Crippen molar-refractivity contribution in [1.82, 2.24) is 4.57 Å². The number of hydrogen-bond donors (Lipinski definition) is 0.